The Kier molecular flexibility index (Phi) is 1.97. The maximum absolute atomic E-state index is 8.79. The minimum Gasteiger partial charge on any atom is -0.388 e. The summed E-state index contributed by atoms with van der Waals surface area (Å²) in [6, 6.07) is 5.70. The number of fused-ring (bicyclic) bond motifs is 1. The number of halogens is 1. The van der Waals surface area contributed by atoms with Crippen molar-refractivity contribution in [2.24, 2.45) is 0 Å². The lowest BCUT2D eigenvalue weighted by Gasteiger charge is -1.91. The molecule has 0 aliphatic carbocycles. The van der Waals surface area contributed by atoms with Gasteiger partial charge in [-0.05, 0) is 34.7 Å². The molecule has 0 fully saturated rings. The summed E-state index contributed by atoms with van der Waals surface area (Å²) in [7, 11) is 0. The summed E-state index contributed by atoms with van der Waals surface area (Å²) in [6.45, 7) is -0.113. The van der Waals surface area contributed by atoms with Crippen LogP contribution in [0.1, 0.15) is 5.82 Å². The summed E-state index contributed by atoms with van der Waals surface area (Å²) >= 11 is 2.17. The number of hydrogen-bond donors (Lipinski definition) is 1. The zero-order valence-corrected chi connectivity index (χ0v) is 8.26. The summed E-state index contributed by atoms with van der Waals surface area (Å²) in [5.41, 5.74) is 0.769. The summed E-state index contributed by atoms with van der Waals surface area (Å²) in [5, 5.41) is 12.9. The molecule has 0 atom stereocenters. The van der Waals surface area contributed by atoms with Crippen molar-refractivity contribution in [3.8, 4) is 0 Å². The van der Waals surface area contributed by atoms with E-state index >= 15 is 0 Å². The molecule has 2 rings (SSSR count). The third-order valence-corrected chi connectivity index (χ3v) is 2.32. The van der Waals surface area contributed by atoms with Crippen LogP contribution in [0.4, 0.5) is 0 Å². The molecule has 1 N–H and O–H groups in total. The second kappa shape index (κ2) is 2.98. The van der Waals surface area contributed by atoms with Gasteiger partial charge in [0, 0.05) is 0 Å². The fraction of sp³-hybridized carbons (Fsp3) is 0.143. The number of aliphatic hydroxyl groups excluding tert-OH is 1. The van der Waals surface area contributed by atoms with Crippen LogP contribution in [-0.4, -0.2) is 19.7 Å². The smallest absolute Gasteiger partial charge is 0.177 e. The van der Waals surface area contributed by atoms with Crippen molar-refractivity contribution in [1.29, 1.82) is 0 Å². The van der Waals surface area contributed by atoms with E-state index in [0.717, 1.165) is 9.35 Å². The average molecular weight is 275 g/mol. The Morgan fingerprint density at radius 2 is 2.33 bits per heavy atom. The van der Waals surface area contributed by atoms with Crippen LogP contribution in [0, 0.1) is 3.70 Å². The maximum atomic E-state index is 8.79. The number of aromatic nitrogens is 3. The standard InChI is InChI=1S/C7H6IN3O/c8-5-2-1-3-7-9-6(4-12)10-11(5)7/h1-3,12H,4H2. The first-order chi connectivity index (χ1) is 5.81. The van der Waals surface area contributed by atoms with E-state index in [1.54, 1.807) is 4.52 Å². The Labute approximate surface area is 82.4 Å². The summed E-state index contributed by atoms with van der Waals surface area (Å²) in [5.74, 6) is 0.458. The van der Waals surface area contributed by atoms with Crippen molar-refractivity contribution in [3.63, 3.8) is 0 Å². The number of hydrogen-bond acceptors (Lipinski definition) is 3. The monoisotopic (exact) mass is 275 g/mol. The highest BCUT2D eigenvalue weighted by Gasteiger charge is 2.02. The van der Waals surface area contributed by atoms with Crippen molar-refractivity contribution in [2.45, 2.75) is 6.61 Å². The van der Waals surface area contributed by atoms with E-state index in [-0.39, 0.29) is 6.61 Å². The second-order valence-corrected chi connectivity index (χ2v) is 3.41. The van der Waals surface area contributed by atoms with E-state index in [1.807, 2.05) is 18.2 Å². The van der Waals surface area contributed by atoms with Crippen LogP contribution >= 0.6 is 22.6 Å². The van der Waals surface area contributed by atoms with Crippen LogP contribution in [0.3, 0.4) is 0 Å². The molecular weight excluding hydrogens is 269 g/mol. The van der Waals surface area contributed by atoms with Crippen LogP contribution in [0.25, 0.3) is 5.65 Å². The number of nitrogens with zero attached hydrogens (tertiary/aromatic N) is 3. The molecule has 2 aromatic rings. The lowest BCUT2D eigenvalue weighted by Crippen LogP contribution is -1.92. The van der Waals surface area contributed by atoms with Gasteiger partial charge in [-0.25, -0.2) is 9.50 Å². The molecule has 0 bridgehead atoms. The third kappa shape index (κ3) is 1.18. The van der Waals surface area contributed by atoms with E-state index in [4.69, 9.17) is 5.11 Å². The normalized spacial score (nSPS) is 10.8. The first-order valence-corrected chi connectivity index (χ1v) is 4.50. The van der Waals surface area contributed by atoms with Crippen LogP contribution in [0.2, 0.25) is 0 Å². The Morgan fingerprint density at radius 3 is 3.00 bits per heavy atom. The average Bonchev–Trinajstić information content (AvgIpc) is 2.49. The Morgan fingerprint density at radius 1 is 1.50 bits per heavy atom. The first kappa shape index (κ1) is 7.93. The SMILES string of the molecule is OCc1nc2cccc(I)n2n1. The summed E-state index contributed by atoms with van der Waals surface area (Å²) in [4.78, 5) is 4.09. The van der Waals surface area contributed by atoms with Crippen molar-refractivity contribution in [2.75, 3.05) is 0 Å². The number of pyridine rings is 1. The molecule has 0 aliphatic rings. The van der Waals surface area contributed by atoms with Crippen LogP contribution in [0.5, 0.6) is 0 Å². The lowest BCUT2D eigenvalue weighted by molar-refractivity contribution is 0.271. The van der Waals surface area contributed by atoms with Gasteiger partial charge in [0.05, 0.1) is 0 Å². The van der Waals surface area contributed by atoms with E-state index in [1.165, 1.54) is 0 Å². The molecular formula is C7H6IN3O. The molecule has 0 saturated carbocycles. The molecule has 0 radical (unpaired) electrons. The highest BCUT2D eigenvalue weighted by atomic mass is 127. The molecule has 12 heavy (non-hydrogen) atoms. The number of aliphatic hydroxyl groups is 1. The van der Waals surface area contributed by atoms with Crippen LogP contribution in [0.15, 0.2) is 18.2 Å². The van der Waals surface area contributed by atoms with Gasteiger partial charge < -0.3 is 5.11 Å². The van der Waals surface area contributed by atoms with Crippen molar-refractivity contribution < 1.29 is 5.11 Å². The van der Waals surface area contributed by atoms with Gasteiger partial charge in [0.25, 0.3) is 0 Å². The molecule has 0 unspecified atom stereocenters. The number of rotatable bonds is 1. The largest absolute Gasteiger partial charge is 0.388 e. The molecule has 0 spiro atoms. The molecule has 0 aromatic carbocycles. The van der Waals surface area contributed by atoms with Crippen LogP contribution in [-0.2, 0) is 6.61 Å². The van der Waals surface area contributed by atoms with E-state index in [2.05, 4.69) is 32.7 Å². The Balaban J connectivity index is 2.74. The van der Waals surface area contributed by atoms with E-state index in [0.29, 0.717) is 5.82 Å². The zero-order valence-electron chi connectivity index (χ0n) is 6.11. The fourth-order valence-electron chi connectivity index (χ4n) is 0.985. The van der Waals surface area contributed by atoms with Gasteiger partial charge in [0.2, 0.25) is 0 Å². The van der Waals surface area contributed by atoms with Gasteiger partial charge in [0.1, 0.15) is 10.3 Å². The predicted molar refractivity (Wildman–Crippen MR) is 51.6 cm³/mol. The molecule has 0 amide bonds. The molecule has 4 nitrogen and oxygen atoms in total. The van der Waals surface area contributed by atoms with Gasteiger partial charge in [0.15, 0.2) is 11.5 Å². The summed E-state index contributed by atoms with van der Waals surface area (Å²) < 4.78 is 2.68. The predicted octanol–water partition coefficient (Wildman–Crippen LogP) is 0.826. The third-order valence-electron chi connectivity index (χ3n) is 1.50. The quantitative estimate of drug-likeness (QED) is 0.619. The summed E-state index contributed by atoms with van der Waals surface area (Å²) in [6.07, 6.45) is 0. The molecule has 0 saturated heterocycles. The molecule has 62 valence electrons. The lowest BCUT2D eigenvalue weighted by atomic mass is 10.5. The van der Waals surface area contributed by atoms with Crippen molar-refractivity contribution in [1.82, 2.24) is 14.6 Å². The van der Waals surface area contributed by atoms with Crippen molar-refractivity contribution in [3.05, 3.63) is 27.7 Å². The van der Waals surface area contributed by atoms with Gasteiger partial charge in [-0.1, -0.05) is 6.07 Å². The van der Waals surface area contributed by atoms with Gasteiger partial charge in [-0.3, -0.25) is 0 Å². The zero-order chi connectivity index (χ0) is 8.55. The van der Waals surface area contributed by atoms with Crippen molar-refractivity contribution >= 4 is 28.2 Å². The minimum absolute atomic E-state index is 0.113. The Bertz CT molecular complexity index is 412. The van der Waals surface area contributed by atoms with E-state index in [9.17, 15) is 0 Å². The molecule has 5 heteroatoms. The molecule has 2 aromatic heterocycles. The fourth-order valence-corrected chi connectivity index (χ4v) is 1.55. The molecule has 2 heterocycles. The van der Waals surface area contributed by atoms with Gasteiger partial charge in [-0.15, -0.1) is 5.10 Å². The first-order valence-electron chi connectivity index (χ1n) is 3.42. The van der Waals surface area contributed by atoms with E-state index < -0.39 is 0 Å². The second-order valence-electron chi connectivity index (χ2n) is 2.30. The van der Waals surface area contributed by atoms with Gasteiger partial charge >= 0.3 is 0 Å². The Hall–Kier alpha value is -0.690. The molecule has 0 aliphatic heterocycles. The topological polar surface area (TPSA) is 50.4 Å². The minimum atomic E-state index is -0.113. The van der Waals surface area contributed by atoms with Crippen LogP contribution < -0.4 is 0 Å². The highest BCUT2D eigenvalue weighted by molar-refractivity contribution is 14.1. The van der Waals surface area contributed by atoms with Gasteiger partial charge in [-0.2, -0.15) is 0 Å². The highest BCUT2D eigenvalue weighted by Crippen LogP contribution is 2.07. The maximum Gasteiger partial charge on any atom is 0.177 e.